The van der Waals surface area contributed by atoms with Crippen LogP contribution in [0.5, 0.6) is 0 Å². The summed E-state index contributed by atoms with van der Waals surface area (Å²) in [4.78, 5) is 11.0. The summed E-state index contributed by atoms with van der Waals surface area (Å²) in [6, 6.07) is 15.5. The summed E-state index contributed by atoms with van der Waals surface area (Å²) in [7, 11) is 0. The third-order valence-corrected chi connectivity index (χ3v) is 3.20. The number of rotatable bonds is 3. The number of aldehydes is 1. The first-order valence-electron chi connectivity index (χ1n) is 6.26. The first kappa shape index (κ1) is 12.1. The van der Waals surface area contributed by atoms with Gasteiger partial charge in [0.15, 0.2) is 12.6 Å². The number of carbonyl (C=O) groups is 1. The van der Waals surface area contributed by atoms with E-state index < -0.39 is 0 Å². The van der Waals surface area contributed by atoms with Crippen LogP contribution in [0.1, 0.15) is 22.2 Å². The summed E-state index contributed by atoms with van der Waals surface area (Å²) in [5.41, 5.74) is 3.66. The standard InChI is InChI=1S/C16H14O3/c17-11-14-3-1-2-4-15(14)12-5-7-13(8-6-12)16-18-9-10-19-16/h1-8,11,16H,9-10H2. The molecule has 0 aromatic heterocycles. The van der Waals surface area contributed by atoms with Crippen molar-refractivity contribution in [2.45, 2.75) is 6.29 Å². The predicted octanol–water partition coefficient (Wildman–Crippen LogP) is 3.21. The van der Waals surface area contributed by atoms with Crippen molar-refractivity contribution < 1.29 is 14.3 Å². The van der Waals surface area contributed by atoms with E-state index in [0.717, 1.165) is 23.0 Å². The van der Waals surface area contributed by atoms with Crippen LogP contribution in [0.3, 0.4) is 0 Å². The Morgan fingerprint density at radius 3 is 2.32 bits per heavy atom. The normalized spacial score (nSPS) is 15.6. The second-order valence-corrected chi connectivity index (χ2v) is 4.40. The van der Waals surface area contributed by atoms with Crippen molar-refractivity contribution in [3.05, 3.63) is 59.7 Å². The summed E-state index contributed by atoms with van der Waals surface area (Å²) >= 11 is 0. The molecule has 3 nitrogen and oxygen atoms in total. The Bertz CT molecular complexity index is 569. The molecule has 1 aliphatic rings. The molecule has 96 valence electrons. The van der Waals surface area contributed by atoms with Gasteiger partial charge in [0.1, 0.15) is 0 Å². The molecule has 0 aliphatic carbocycles. The number of benzene rings is 2. The van der Waals surface area contributed by atoms with E-state index in [9.17, 15) is 4.79 Å². The minimum atomic E-state index is -0.254. The van der Waals surface area contributed by atoms with Crippen molar-refractivity contribution in [2.75, 3.05) is 13.2 Å². The molecule has 0 radical (unpaired) electrons. The van der Waals surface area contributed by atoms with Gasteiger partial charge in [0.05, 0.1) is 13.2 Å². The van der Waals surface area contributed by atoms with Crippen LogP contribution in [0, 0.1) is 0 Å². The molecule has 3 rings (SSSR count). The lowest BCUT2D eigenvalue weighted by atomic mass is 9.99. The van der Waals surface area contributed by atoms with Crippen LogP contribution < -0.4 is 0 Å². The van der Waals surface area contributed by atoms with Gasteiger partial charge in [0.25, 0.3) is 0 Å². The Kier molecular flexibility index (Phi) is 3.40. The minimum Gasteiger partial charge on any atom is -0.346 e. The highest BCUT2D eigenvalue weighted by atomic mass is 16.7. The monoisotopic (exact) mass is 254 g/mol. The van der Waals surface area contributed by atoms with Gasteiger partial charge in [-0.1, -0.05) is 48.5 Å². The number of ether oxygens (including phenoxy) is 2. The van der Waals surface area contributed by atoms with Gasteiger partial charge < -0.3 is 9.47 Å². The van der Waals surface area contributed by atoms with E-state index in [0.29, 0.717) is 18.8 Å². The van der Waals surface area contributed by atoms with Crippen LogP contribution in [0.25, 0.3) is 11.1 Å². The van der Waals surface area contributed by atoms with Crippen LogP contribution in [-0.2, 0) is 9.47 Å². The smallest absolute Gasteiger partial charge is 0.184 e. The average molecular weight is 254 g/mol. The van der Waals surface area contributed by atoms with Crippen molar-refractivity contribution in [1.82, 2.24) is 0 Å². The van der Waals surface area contributed by atoms with E-state index >= 15 is 0 Å². The lowest BCUT2D eigenvalue weighted by Gasteiger charge is -2.10. The molecule has 0 amide bonds. The van der Waals surface area contributed by atoms with Gasteiger partial charge in [-0.05, 0) is 11.1 Å². The van der Waals surface area contributed by atoms with Gasteiger partial charge in [0.2, 0.25) is 0 Å². The van der Waals surface area contributed by atoms with E-state index in [-0.39, 0.29) is 6.29 Å². The van der Waals surface area contributed by atoms with Crippen molar-refractivity contribution in [3.8, 4) is 11.1 Å². The first-order valence-corrected chi connectivity index (χ1v) is 6.26. The summed E-state index contributed by atoms with van der Waals surface area (Å²) in [6.07, 6.45) is 0.627. The summed E-state index contributed by atoms with van der Waals surface area (Å²) in [5.74, 6) is 0. The van der Waals surface area contributed by atoms with Gasteiger partial charge in [-0.25, -0.2) is 0 Å². The zero-order chi connectivity index (χ0) is 13.1. The molecule has 0 spiro atoms. The van der Waals surface area contributed by atoms with Gasteiger partial charge in [-0.3, -0.25) is 4.79 Å². The fourth-order valence-electron chi connectivity index (χ4n) is 2.23. The molecule has 0 unspecified atom stereocenters. The van der Waals surface area contributed by atoms with Crippen molar-refractivity contribution in [1.29, 1.82) is 0 Å². The third-order valence-electron chi connectivity index (χ3n) is 3.20. The number of hydrogen-bond donors (Lipinski definition) is 0. The van der Waals surface area contributed by atoms with Gasteiger partial charge in [-0.2, -0.15) is 0 Å². The van der Waals surface area contributed by atoms with E-state index in [1.807, 2.05) is 48.5 Å². The Hall–Kier alpha value is -1.97. The maximum atomic E-state index is 11.0. The van der Waals surface area contributed by atoms with E-state index in [4.69, 9.17) is 9.47 Å². The van der Waals surface area contributed by atoms with Gasteiger partial charge >= 0.3 is 0 Å². The zero-order valence-corrected chi connectivity index (χ0v) is 10.4. The van der Waals surface area contributed by atoms with Crippen LogP contribution in [-0.4, -0.2) is 19.5 Å². The lowest BCUT2D eigenvalue weighted by Crippen LogP contribution is -1.97. The number of carbonyl (C=O) groups excluding carboxylic acids is 1. The molecule has 2 aromatic carbocycles. The van der Waals surface area contributed by atoms with Gasteiger partial charge in [-0.15, -0.1) is 0 Å². The highest BCUT2D eigenvalue weighted by molar-refractivity contribution is 5.87. The molecule has 0 saturated carbocycles. The van der Waals surface area contributed by atoms with Crippen LogP contribution in [0.4, 0.5) is 0 Å². The third kappa shape index (κ3) is 2.43. The first-order chi connectivity index (χ1) is 9.38. The Balaban J connectivity index is 1.91. The van der Waals surface area contributed by atoms with Crippen molar-refractivity contribution in [2.24, 2.45) is 0 Å². The number of hydrogen-bond acceptors (Lipinski definition) is 3. The maximum absolute atomic E-state index is 11.0. The van der Waals surface area contributed by atoms with Gasteiger partial charge in [0, 0.05) is 11.1 Å². The van der Waals surface area contributed by atoms with E-state index in [1.54, 1.807) is 0 Å². The summed E-state index contributed by atoms with van der Waals surface area (Å²) < 4.78 is 10.9. The fraction of sp³-hybridized carbons (Fsp3) is 0.188. The van der Waals surface area contributed by atoms with E-state index in [2.05, 4.69) is 0 Å². The molecule has 1 heterocycles. The second-order valence-electron chi connectivity index (χ2n) is 4.40. The molecule has 0 bridgehead atoms. The predicted molar refractivity (Wildman–Crippen MR) is 71.9 cm³/mol. The molecule has 1 saturated heterocycles. The molecular formula is C16H14O3. The average Bonchev–Trinajstić information content (AvgIpc) is 3.02. The summed E-state index contributed by atoms with van der Waals surface area (Å²) in [5, 5.41) is 0. The molecule has 1 aliphatic heterocycles. The minimum absolute atomic E-state index is 0.254. The molecule has 0 atom stereocenters. The highest BCUT2D eigenvalue weighted by Crippen LogP contribution is 2.27. The molecule has 0 N–H and O–H groups in total. The Morgan fingerprint density at radius 2 is 1.63 bits per heavy atom. The molecule has 19 heavy (non-hydrogen) atoms. The zero-order valence-electron chi connectivity index (χ0n) is 10.4. The van der Waals surface area contributed by atoms with Crippen LogP contribution >= 0.6 is 0 Å². The SMILES string of the molecule is O=Cc1ccccc1-c1ccc(C2OCCO2)cc1. The van der Waals surface area contributed by atoms with E-state index in [1.165, 1.54) is 0 Å². The van der Waals surface area contributed by atoms with Crippen LogP contribution in [0.2, 0.25) is 0 Å². The fourth-order valence-corrected chi connectivity index (χ4v) is 2.23. The Labute approximate surface area is 111 Å². The van der Waals surface area contributed by atoms with Crippen LogP contribution in [0.15, 0.2) is 48.5 Å². The molecule has 3 heteroatoms. The highest BCUT2D eigenvalue weighted by Gasteiger charge is 2.17. The Morgan fingerprint density at radius 1 is 0.947 bits per heavy atom. The molecular weight excluding hydrogens is 240 g/mol. The molecule has 2 aromatic rings. The largest absolute Gasteiger partial charge is 0.346 e. The topological polar surface area (TPSA) is 35.5 Å². The molecule has 1 fully saturated rings. The summed E-state index contributed by atoms with van der Waals surface area (Å²) in [6.45, 7) is 1.28. The lowest BCUT2D eigenvalue weighted by molar-refractivity contribution is -0.0441. The van der Waals surface area contributed by atoms with Crippen molar-refractivity contribution >= 4 is 6.29 Å². The second kappa shape index (κ2) is 5.34. The maximum Gasteiger partial charge on any atom is 0.184 e. The quantitative estimate of drug-likeness (QED) is 0.789. The van der Waals surface area contributed by atoms with Crippen molar-refractivity contribution in [3.63, 3.8) is 0 Å².